The highest BCUT2D eigenvalue weighted by atomic mass is 35.5. The summed E-state index contributed by atoms with van der Waals surface area (Å²) in [7, 11) is -3.38. The minimum Gasteiger partial charge on any atom is -0.352 e. The third kappa shape index (κ3) is 7.67. The summed E-state index contributed by atoms with van der Waals surface area (Å²) in [6, 6.07) is 12.9. The van der Waals surface area contributed by atoms with Gasteiger partial charge in [0.1, 0.15) is 0 Å². The molecule has 27 heavy (non-hydrogen) atoms. The Balaban J connectivity index is 1.75. The molecule has 2 amide bonds. The zero-order chi connectivity index (χ0) is 19.9. The lowest BCUT2D eigenvalue weighted by Gasteiger charge is -2.09. The van der Waals surface area contributed by atoms with Crippen molar-refractivity contribution < 1.29 is 18.0 Å². The maximum absolute atomic E-state index is 12.0. The van der Waals surface area contributed by atoms with Gasteiger partial charge in [0.2, 0.25) is 15.9 Å². The summed E-state index contributed by atoms with van der Waals surface area (Å²) >= 11 is 5.78. The molecule has 0 aliphatic rings. The molecule has 2 rings (SSSR count). The predicted molar refractivity (Wildman–Crippen MR) is 107 cm³/mol. The molecule has 0 unspecified atom stereocenters. The topological polar surface area (TPSA) is 104 Å². The SMILES string of the molecule is CS(=O)(=O)Nc1cccc(NC(=O)CCCNC(=O)c2ccc(Cl)cc2)c1. The van der Waals surface area contributed by atoms with Crippen molar-refractivity contribution in [1.29, 1.82) is 0 Å². The van der Waals surface area contributed by atoms with Gasteiger partial charge in [-0.2, -0.15) is 0 Å². The normalized spacial score (nSPS) is 10.9. The van der Waals surface area contributed by atoms with E-state index in [1.165, 1.54) is 6.07 Å². The van der Waals surface area contributed by atoms with Crippen molar-refractivity contribution in [3.63, 3.8) is 0 Å². The number of benzene rings is 2. The molecule has 0 aliphatic carbocycles. The van der Waals surface area contributed by atoms with Crippen LogP contribution in [0.3, 0.4) is 0 Å². The van der Waals surface area contributed by atoms with Crippen LogP contribution in [-0.4, -0.2) is 33.0 Å². The standard InChI is InChI=1S/C18H20ClN3O4S/c1-27(25,26)22-16-5-2-4-15(12-16)21-17(23)6-3-11-20-18(24)13-7-9-14(19)10-8-13/h2,4-5,7-10,12,22H,3,6,11H2,1H3,(H,20,24)(H,21,23). The van der Waals surface area contributed by atoms with Crippen LogP contribution in [0, 0.1) is 0 Å². The molecule has 0 heterocycles. The molecule has 0 saturated carbocycles. The summed E-state index contributed by atoms with van der Waals surface area (Å²) < 4.78 is 24.8. The molecule has 0 atom stereocenters. The lowest BCUT2D eigenvalue weighted by Crippen LogP contribution is -2.25. The van der Waals surface area contributed by atoms with E-state index >= 15 is 0 Å². The van der Waals surface area contributed by atoms with Gasteiger partial charge >= 0.3 is 0 Å². The molecule has 7 nitrogen and oxygen atoms in total. The molecule has 144 valence electrons. The molecular formula is C18H20ClN3O4S. The van der Waals surface area contributed by atoms with Crippen molar-refractivity contribution >= 4 is 44.8 Å². The molecule has 2 aromatic carbocycles. The highest BCUT2D eigenvalue weighted by Crippen LogP contribution is 2.16. The molecule has 3 N–H and O–H groups in total. The van der Waals surface area contributed by atoms with Crippen LogP contribution in [0.25, 0.3) is 0 Å². The molecule has 0 radical (unpaired) electrons. The second-order valence-corrected chi connectivity index (χ2v) is 8.05. The quantitative estimate of drug-likeness (QED) is 0.583. The molecule has 0 bridgehead atoms. The number of amides is 2. The fraction of sp³-hybridized carbons (Fsp3) is 0.222. The molecule has 0 aliphatic heterocycles. The number of hydrogen-bond acceptors (Lipinski definition) is 4. The largest absolute Gasteiger partial charge is 0.352 e. The van der Waals surface area contributed by atoms with E-state index in [1.807, 2.05) is 0 Å². The lowest BCUT2D eigenvalue weighted by atomic mass is 10.2. The summed E-state index contributed by atoms with van der Waals surface area (Å²) in [6.07, 6.45) is 1.73. The first-order chi connectivity index (χ1) is 12.7. The van der Waals surface area contributed by atoms with E-state index in [0.29, 0.717) is 34.9 Å². The Morgan fingerprint density at radius 1 is 1.04 bits per heavy atom. The summed E-state index contributed by atoms with van der Waals surface area (Å²) in [5.41, 5.74) is 1.35. The minimum atomic E-state index is -3.38. The van der Waals surface area contributed by atoms with Crippen molar-refractivity contribution in [1.82, 2.24) is 5.32 Å². The molecular weight excluding hydrogens is 390 g/mol. The first-order valence-electron chi connectivity index (χ1n) is 8.14. The molecule has 0 fully saturated rings. The van der Waals surface area contributed by atoms with Gasteiger partial charge in [-0.15, -0.1) is 0 Å². The van der Waals surface area contributed by atoms with Gasteiger partial charge in [0.25, 0.3) is 5.91 Å². The fourth-order valence-corrected chi connectivity index (χ4v) is 2.93. The van der Waals surface area contributed by atoms with Crippen LogP contribution in [0.15, 0.2) is 48.5 Å². The smallest absolute Gasteiger partial charge is 0.251 e. The first kappa shape index (κ1) is 20.7. The number of rotatable bonds is 8. The van der Waals surface area contributed by atoms with Crippen LogP contribution in [0.5, 0.6) is 0 Å². The van der Waals surface area contributed by atoms with E-state index in [9.17, 15) is 18.0 Å². The molecule has 9 heteroatoms. The highest BCUT2D eigenvalue weighted by Gasteiger charge is 2.07. The lowest BCUT2D eigenvalue weighted by molar-refractivity contribution is -0.116. The Hall–Kier alpha value is -2.58. The van der Waals surface area contributed by atoms with Crippen molar-refractivity contribution in [3.05, 3.63) is 59.1 Å². The number of hydrogen-bond donors (Lipinski definition) is 3. The van der Waals surface area contributed by atoms with Gasteiger partial charge in [0.05, 0.1) is 11.9 Å². The average Bonchev–Trinajstić information content (AvgIpc) is 2.58. The van der Waals surface area contributed by atoms with E-state index in [0.717, 1.165) is 6.26 Å². The number of carbonyl (C=O) groups is 2. The Bertz CT molecular complexity index is 914. The number of halogens is 1. The maximum atomic E-state index is 12.0. The van der Waals surface area contributed by atoms with E-state index in [4.69, 9.17) is 11.6 Å². The molecule has 2 aromatic rings. The number of anilines is 2. The minimum absolute atomic E-state index is 0.213. The second-order valence-electron chi connectivity index (χ2n) is 5.87. The van der Waals surface area contributed by atoms with E-state index in [2.05, 4.69) is 15.4 Å². The van der Waals surface area contributed by atoms with Gasteiger partial charge < -0.3 is 10.6 Å². The van der Waals surface area contributed by atoms with Gasteiger partial charge in [-0.3, -0.25) is 14.3 Å². The Morgan fingerprint density at radius 3 is 2.37 bits per heavy atom. The summed E-state index contributed by atoms with van der Waals surface area (Å²) in [4.78, 5) is 23.9. The summed E-state index contributed by atoms with van der Waals surface area (Å²) in [5.74, 6) is -0.459. The van der Waals surface area contributed by atoms with Gasteiger partial charge in [-0.1, -0.05) is 17.7 Å². The van der Waals surface area contributed by atoms with Crippen LogP contribution >= 0.6 is 11.6 Å². The van der Waals surface area contributed by atoms with Gasteiger partial charge in [0.15, 0.2) is 0 Å². The summed E-state index contributed by atoms with van der Waals surface area (Å²) in [6.45, 7) is 0.352. The van der Waals surface area contributed by atoms with Gasteiger partial charge in [-0.05, 0) is 48.9 Å². The van der Waals surface area contributed by atoms with Crippen LogP contribution in [-0.2, 0) is 14.8 Å². The predicted octanol–water partition coefficient (Wildman–Crippen LogP) is 2.86. The van der Waals surface area contributed by atoms with E-state index < -0.39 is 10.0 Å². The van der Waals surface area contributed by atoms with Crippen molar-refractivity contribution in [2.24, 2.45) is 0 Å². The van der Waals surface area contributed by atoms with E-state index in [1.54, 1.807) is 42.5 Å². The number of nitrogens with one attached hydrogen (secondary N) is 3. The average molecular weight is 410 g/mol. The zero-order valence-corrected chi connectivity index (χ0v) is 16.2. The molecule has 0 saturated heterocycles. The monoisotopic (exact) mass is 409 g/mol. The zero-order valence-electron chi connectivity index (χ0n) is 14.7. The number of carbonyl (C=O) groups excluding carboxylic acids is 2. The summed E-state index contributed by atoms with van der Waals surface area (Å²) in [5, 5.41) is 5.98. The maximum Gasteiger partial charge on any atom is 0.251 e. The highest BCUT2D eigenvalue weighted by molar-refractivity contribution is 7.92. The van der Waals surface area contributed by atoms with Crippen molar-refractivity contribution in [3.8, 4) is 0 Å². The van der Waals surface area contributed by atoms with Crippen molar-refractivity contribution in [2.45, 2.75) is 12.8 Å². The Labute approximate surface area is 163 Å². The van der Waals surface area contributed by atoms with Gasteiger partial charge in [0, 0.05) is 29.2 Å². The van der Waals surface area contributed by atoms with Crippen molar-refractivity contribution in [2.75, 3.05) is 22.8 Å². The van der Waals surface area contributed by atoms with Crippen LogP contribution in [0.1, 0.15) is 23.2 Å². The first-order valence-corrected chi connectivity index (χ1v) is 10.4. The van der Waals surface area contributed by atoms with E-state index in [-0.39, 0.29) is 18.2 Å². The Kier molecular flexibility index (Phi) is 7.20. The Morgan fingerprint density at radius 2 is 1.70 bits per heavy atom. The third-order valence-electron chi connectivity index (χ3n) is 3.42. The van der Waals surface area contributed by atoms with Gasteiger partial charge in [-0.25, -0.2) is 8.42 Å². The van der Waals surface area contributed by atoms with Crippen LogP contribution < -0.4 is 15.4 Å². The molecule has 0 aromatic heterocycles. The number of sulfonamides is 1. The van der Waals surface area contributed by atoms with Crippen LogP contribution in [0.4, 0.5) is 11.4 Å². The third-order valence-corrected chi connectivity index (χ3v) is 4.28. The van der Waals surface area contributed by atoms with Crippen LogP contribution in [0.2, 0.25) is 5.02 Å². The molecule has 0 spiro atoms. The fourth-order valence-electron chi connectivity index (χ4n) is 2.25. The second kappa shape index (κ2) is 9.38.